The fourth-order valence-corrected chi connectivity index (χ4v) is 2.70. The van der Waals surface area contributed by atoms with Crippen LogP contribution in [0.4, 0.5) is 0 Å². The summed E-state index contributed by atoms with van der Waals surface area (Å²) in [5.41, 5.74) is 0. The Hall–Kier alpha value is -0.220. The lowest BCUT2D eigenvalue weighted by atomic mass is 10.3. The predicted octanol–water partition coefficient (Wildman–Crippen LogP) is 2.38. The van der Waals surface area contributed by atoms with E-state index in [4.69, 9.17) is 11.6 Å². The lowest BCUT2D eigenvalue weighted by molar-refractivity contribution is 0.570. The van der Waals surface area contributed by atoms with Crippen molar-refractivity contribution < 1.29 is 0 Å². The molecule has 1 aromatic rings. The van der Waals surface area contributed by atoms with Crippen LogP contribution in [0.3, 0.4) is 0 Å². The maximum absolute atomic E-state index is 5.83. The minimum atomic E-state index is 0.672. The van der Waals surface area contributed by atoms with Crippen LogP contribution in [0, 0.1) is 0 Å². The van der Waals surface area contributed by atoms with E-state index in [9.17, 15) is 0 Å². The highest BCUT2D eigenvalue weighted by molar-refractivity contribution is 7.99. The van der Waals surface area contributed by atoms with E-state index >= 15 is 0 Å². The molecule has 1 saturated heterocycles. The van der Waals surface area contributed by atoms with Crippen molar-refractivity contribution in [2.75, 3.05) is 25.4 Å². The first-order valence-corrected chi connectivity index (χ1v) is 7.03. The van der Waals surface area contributed by atoms with Crippen LogP contribution in [0.1, 0.15) is 6.42 Å². The highest BCUT2D eigenvalue weighted by Crippen LogP contribution is 2.19. The Morgan fingerprint density at radius 2 is 2.19 bits per heavy atom. The van der Waals surface area contributed by atoms with Crippen LogP contribution in [0.25, 0.3) is 0 Å². The van der Waals surface area contributed by atoms with Gasteiger partial charge in [-0.05, 0) is 37.2 Å². The van der Waals surface area contributed by atoms with E-state index in [1.54, 1.807) is 0 Å². The van der Waals surface area contributed by atoms with Gasteiger partial charge in [0.25, 0.3) is 0 Å². The maximum atomic E-state index is 5.83. The molecular weight excluding hydrogens is 240 g/mol. The van der Waals surface area contributed by atoms with E-state index in [0.29, 0.717) is 6.04 Å². The van der Waals surface area contributed by atoms with Crippen molar-refractivity contribution in [3.8, 4) is 0 Å². The average Bonchev–Trinajstić information content (AvgIpc) is 2.80. The lowest BCUT2D eigenvalue weighted by Gasteiger charge is -2.10. The van der Waals surface area contributed by atoms with Gasteiger partial charge in [-0.3, -0.25) is 0 Å². The van der Waals surface area contributed by atoms with E-state index in [2.05, 4.69) is 22.8 Å². The molecule has 1 aliphatic rings. The van der Waals surface area contributed by atoms with Gasteiger partial charge in [-0.15, -0.1) is 11.8 Å². The Labute approximate surface area is 106 Å². The molecule has 0 aliphatic carbocycles. The fourth-order valence-electron chi connectivity index (χ4n) is 1.79. The molecular formula is C12H17ClN2S. The van der Waals surface area contributed by atoms with Gasteiger partial charge in [0.2, 0.25) is 0 Å². The zero-order valence-electron chi connectivity index (χ0n) is 9.21. The third-order valence-electron chi connectivity index (χ3n) is 2.68. The molecule has 1 heterocycles. The summed E-state index contributed by atoms with van der Waals surface area (Å²) in [4.78, 5) is 1.29. The van der Waals surface area contributed by atoms with Crippen molar-refractivity contribution in [1.82, 2.24) is 10.6 Å². The Kier molecular flexibility index (Phi) is 4.97. The van der Waals surface area contributed by atoms with Crippen LogP contribution in [0.15, 0.2) is 29.2 Å². The minimum Gasteiger partial charge on any atom is -0.315 e. The SMILES string of the molecule is Clc1ccc(SCCNC2CCNC2)cc1. The van der Waals surface area contributed by atoms with E-state index in [1.807, 2.05) is 23.9 Å². The van der Waals surface area contributed by atoms with E-state index < -0.39 is 0 Å². The number of rotatable bonds is 5. The molecule has 2 nitrogen and oxygen atoms in total. The molecule has 0 radical (unpaired) electrons. The number of hydrogen-bond acceptors (Lipinski definition) is 3. The number of nitrogens with one attached hydrogen (secondary N) is 2. The van der Waals surface area contributed by atoms with Crippen molar-refractivity contribution in [3.63, 3.8) is 0 Å². The molecule has 1 aromatic carbocycles. The third kappa shape index (κ3) is 3.98. The first-order valence-electron chi connectivity index (χ1n) is 5.67. The summed E-state index contributed by atoms with van der Waals surface area (Å²) in [5, 5.41) is 7.71. The lowest BCUT2D eigenvalue weighted by Crippen LogP contribution is -2.32. The number of thioether (sulfide) groups is 1. The Morgan fingerprint density at radius 1 is 1.38 bits per heavy atom. The largest absolute Gasteiger partial charge is 0.315 e. The highest BCUT2D eigenvalue weighted by atomic mass is 35.5. The normalized spacial score (nSPS) is 20.2. The second-order valence-electron chi connectivity index (χ2n) is 3.95. The molecule has 1 aliphatic heterocycles. The third-order valence-corrected chi connectivity index (χ3v) is 3.94. The molecule has 2 N–H and O–H groups in total. The standard InChI is InChI=1S/C12H17ClN2S/c13-10-1-3-12(4-2-10)16-8-7-15-11-5-6-14-9-11/h1-4,11,14-15H,5-9H2. The van der Waals surface area contributed by atoms with Crippen LogP contribution < -0.4 is 10.6 Å². The molecule has 1 unspecified atom stereocenters. The van der Waals surface area contributed by atoms with Crippen LogP contribution >= 0.6 is 23.4 Å². The number of benzene rings is 1. The molecule has 0 aromatic heterocycles. The van der Waals surface area contributed by atoms with Gasteiger partial charge in [0.15, 0.2) is 0 Å². The zero-order valence-corrected chi connectivity index (χ0v) is 10.8. The van der Waals surface area contributed by atoms with Gasteiger partial charge in [-0.25, -0.2) is 0 Å². The fraction of sp³-hybridized carbons (Fsp3) is 0.500. The van der Waals surface area contributed by atoms with Crippen molar-refractivity contribution >= 4 is 23.4 Å². The number of hydrogen-bond donors (Lipinski definition) is 2. The molecule has 1 atom stereocenters. The van der Waals surface area contributed by atoms with Crippen molar-refractivity contribution in [2.24, 2.45) is 0 Å². The predicted molar refractivity (Wildman–Crippen MR) is 71.5 cm³/mol. The average molecular weight is 257 g/mol. The van der Waals surface area contributed by atoms with Crippen molar-refractivity contribution in [3.05, 3.63) is 29.3 Å². The maximum Gasteiger partial charge on any atom is 0.0406 e. The molecule has 16 heavy (non-hydrogen) atoms. The summed E-state index contributed by atoms with van der Waals surface area (Å²) >= 11 is 7.70. The van der Waals surface area contributed by atoms with Gasteiger partial charge >= 0.3 is 0 Å². The molecule has 4 heteroatoms. The van der Waals surface area contributed by atoms with E-state index in [1.165, 1.54) is 11.3 Å². The summed E-state index contributed by atoms with van der Waals surface area (Å²) in [5.74, 6) is 1.11. The Balaban J connectivity index is 1.62. The highest BCUT2D eigenvalue weighted by Gasteiger charge is 2.12. The van der Waals surface area contributed by atoms with Crippen LogP contribution in [0.5, 0.6) is 0 Å². The Bertz CT molecular complexity index is 309. The van der Waals surface area contributed by atoms with Gasteiger partial charge in [0.1, 0.15) is 0 Å². The van der Waals surface area contributed by atoms with E-state index in [0.717, 1.165) is 30.4 Å². The van der Waals surface area contributed by atoms with Gasteiger partial charge in [0.05, 0.1) is 0 Å². The van der Waals surface area contributed by atoms with Gasteiger partial charge in [-0.2, -0.15) is 0 Å². The monoisotopic (exact) mass is 256 g/mol. The molecule has 2 rings (SSSR count). The summed E-state index contributed by atoms with van der Waals surface area (Å²) in [6.45, 7) is 3.34. The minimum absolute atomic E-state index is 0.672. The number of halogens is 1. The van der Waals surface area contributed by atoms with Crippen molar-refractivity contribution in [1.29, 1.82) is 0 Å². The van der Waals surface area contributed by atoms with Gasteiger partial charge in [-0.1, -0.05) is 11.6 Å². The molecule has 1 fully saturated rings. The topological polar surface area (TPSA) is 24.1 Å². The first kappa shape index (κ1) is 12.2. The van der Waals surface area contributed by atoms with E-state index in [-0.39, 0.29) is 0 Å². The molecule has 0 saturated carbocycles. The summed E-state index contributed by atoms with van der Waals surface area (Å²) < 4.78 is 0. The molecule has 0 amide bonds. The van der Waals surface area contributed by atoms with Crippen LogP contribution in [-0.4, -0.2) is 31.4 Å². The quantitative estimate of drug-likeness (QED) is 0.625. The molecule has 88 valence electrons. The molecule has 0 spiro atoms. The summed E-state index contributed by atoms with van der Waals surface area (Å²) in [6, 6.07) is 8.70. The van der Waals surface area contributed by atoms with Gasteiger partial charge in [0, 0.05) is 34.8 Å². The van der Waals surface area contributed by atoms with Crippen LogP contribution in [0.2, 0.25) is 5.02 Å². The van der Waals surface area contributed by atoms with Crippen molar-refractivity contribution in [2.45, 2.75) is 17.4 Å². The zero-order chi connectivity index (χ0) is 11.2. The summed E-state index contributed by atoms with van der Waals surface area (Å²) in [6.07, 6.45) is 1.26. The second kappa shape index (κ2) is 6.50. The van der Waals surface area contributed by atoms with Gasteiger partial charge < -0.3 is 10.6 Å². The van der Waals surface area contributed by atoms with Crippen LogP contribution in [-0.2, 0) is 0 Å². The smallest absolute Gasteiger partial charge is 0.0406 e. The second-order valence-corrected chi connectivity index (χ2v) is 5.55. The Morgan fingerprint density at radius 3 is 2.88 bits per heavy atom. The summed E-state index contributed by atoms with van der Waals surface area (Å²) in [7, 11) is 0. The first-order chi connectivity index (χ1) is 7.84. The molecule has 0 bridgehead atoms.